The molecule has 9 nitrogen and oxygen atoms in total. The molecule has 9 heteroatoms. The average Bonchev–Trinajstić information content (AvgIpc) is 3.11. The van der Waals surface area contributed by atoms with Crippen LogP contribution < -0.4 is 11.0 Å². The van der Waals surface area contributed by atoms with Crippen LogP contribution >= 0.6 is 0 Å². The Morgan fingerprint density at radius 1 is 1.32 bits per heavy atom. The summed E-state index contributed by atoms with van der Waals surface area (Å²) in [6.07, 6.45) is -0.146. The second kappa shape index (κ2) is 7.00. The Kier molecular flexibility index (Phi) is 4.38. The van der Waals surface area contributed by atoms with Crippen LogP contribution in [0, 0.1) is 0 Å². The van der Waals surface area contributed by atoms with Gasteiger partial charge in [0.15, 0.2) is 5.60 Å². The smallest absolute Gasteiger partial charge is 0.343 e. The third-order valence-electron chi connectivity index (χ3n) is 5.71. The fourth-order valence-corrected chi connectivity index (χ4v) is 4.21. The van der Waals surface area contributed by atoms with E-state index in [1.54, 1.807) is 10.6 Å². The lowest BCUT2D eigenvalue weighted by Gasteiger charge is -2.32. The molecule has 5 rings (SSSR count). The molecule has 1 aromatic carbocycles. The fraction of sp³-hybridized carbons (Fsp3) is 0.273. The lowest BCUT2D eigenvalue weighted by atomic mass is 9.85. The number of cyclic esters (lactones) is 1. The number of rotatable bonds is 4. The van der Waals surface area contributed by atoms with Crippen LogP contribution in [0.15, 0.2) is 41.2 Å². The first kappa shape index (κ1) is 19.4. The minimum atomic E-state index is -2.05. The highest BCUT2D eigenvalue weighted by atomic mass is 16.7. The van der Waals surface area contributed by atoms with Crippen LogP contribution in [0.2, 0.25) is 0 Å². The van der Waals surface area contributed by atoms with E-state index in [0.29, 0.717) is 17.9 Å². The second-order valence-corrected chi connectivity index (χ2v) is 7.68. The maximum Gasteiger partial charge on any atom is 0.343 e. The molecule has 3 aromatic rings. The Labute approximate surface area is 176 Å². The monoisotopic (exact) mass is 421 g/mol. The number of aliphatic hydroxyl groups is 1. The summed E-state index contributed by atoms with van der Waals surface area (Å²) in [6, 6.07) is 11.3. The van der Waals surface area contributed by atoms with Gasteiger partial charge in [-0.25, -0.2) is 9.78 Å². The van der Waals surface area contributed by atoms with Gasteiger partial charge in [0.05, 0.1) is 29.0 Å². The molecule has 0 amide bonds. The van der Waals surface area contributed by atoms with Gasteiger partial charge >= 0.3 is 11.9 Å². The lowest BCUT2D eigenvalue weighted by molar-refractivity contribution is -0.173. The highest BCUT2D eigenvalue weighted by Gasteiger charge is 2.46. The van der Waals surface area contributed by atoms with Crippen molar-refractivity contribution in [2.75, 3.05) is 6.54 Å². The van der Waals surface area contributed by atoms with Gasteiger partial charge in [-0.3, -0.25) is 9.59 Å². The van der Waals surface area contributed by atoms with Crippen molar-refractivity contribution in [3.63, 3.8) is 0 Å². The molecule has 0 bridgehead atoms. The van der Waals surface area contributed by atoms with E-state index >= 15 is 0 Å². The number of carbonyl (C=O) groups excluding carboxylic acids is 2. The first-order valence-electron chi connectivity index (χ1n) is 9.84. The van der Waals surface area contributed by atoms with Crippen molar-refractivity contribution in [3.05, 3.63) is 63.4 Å². The Morgan fingerprint density at radius 2 is 2.13 bits per heavy atom. The van der Waals surface area contributed by atoms with Gasteiger partial charge in [0.25, 0.3) is 5.56 Å². The number of nitrogens with zero attached hydrogens (tertiary/aromatic N) is 2. The van der Waals surface area contributed by atoms with Gasteiger partial charge in [-0.1, -0.05) is 18.2 Å². The predicted octanol–water partition coefficient (Wildman–Crippen LogP) is 1.13. The molecular weight excluding hydrogens is 402 g/mol. The number of hydrogen-bond donors (Lipinski definition) is 2. The number of benzene rings is 1. The van der Waals surface area contributed by atoms with E-state index in [1.165, 1.54) is 6.92 Å². The average molecular weight is 421 g/mol. The molecule has 1 atom stereocenters. The number of ether oxygens (including phenoxy) is 1. The first-order chi connectivity index (χ1) is 14.9. The maximum absolute atomic E-state index is 13.2. The van der Waals surface area contributed by atoms with E-state index in [1.807, 2.05) is 30.3 Å². The topological polar surface area (TPSA) is 120 Å². The van der Waals surface area contributed by atoms with Gasteiger partial charge in [-0.2, -0.15) is 5.48 Å². The predicted molar refractivity (Wildman–Crippen MR) is 109 cm³/mol. The number of hydroxylamine groups is 1. The van der Waals surface area contributed by atoms with Crippen molar-refractivity contribution in [1.82, 2.24) is 15.0 Å². The summed E-state index contributed by atoms with van der Waals surface area (Å²) in [5.41, 5.74) is 3.34. The number of pyridine rings is 2. The van der Waals surface area contributed by atoms with Crippen LogP contribution in [0.4, 0.5) is 0 Å². The van der Waals surface area contributed by atoms with Crippen LogP contribution in [0.25, 0.3) is 22.3 Å². The van der Waals surface area contributed by atoms with Gasteiger partial charge in [-0.15, -0.1) is 0 Å². The Morgan fingerprint density at radius 3 is 2.94 bits per heavy atom. The molecule has 2 aliphatic rings. The summed E-state index contributed by atoms with van der Waals surface area (Å²) in [7, 11) is 0. The molecule has 0 unspecified atom stereocenters. The molecule has 0 fully saturated rings. The van der Waals surface area contributed by atoms with Gasteiger partial charge in [0.1, 0.15) is 6.61 Å². The molecular formula is C22H19N3O6. The SMILES string of the molecule is CC(=O)ONCC[C@@]1(O)C(=O)OCc2c1cc1n(c2=O)Cc2cc3ccccc3nc2-1. The van der Waals surface area contributed by atoms with Gasteiger partial charge in [-0.05, 0) is 18.2 Å². The van der Waals surface area contributed by atoms with Crippen LogP contribution in [0.5, 0.6) is 0 Å². The zero-order valence-corrected chi connectivity index (χ0v) is 16.7. The second-order valence-electron chi connectivity index (χ2n) is 7.68. The third-order valence-corrected chi connectivity index (χ3v) is 5.71. The highest BCUT2D eigenvalue weighted by molar-refractivity contribution is 5.86. The van der Waals surface area contributed by atoms with E-state index in [0.717, 1.165) is 16.5 Å². The molecule has 0 radical (unpaired) electrons. The molecule has 4 heterocycles. The zero-order chi connectivity index (χ0) is 21.8. The van der Waals surface area contributed by atoms with Crippen LogP contribution in [0.1, 0.15) is 30.0 Å². The van der Waals surface area contributed by atoms with E-state index < -0.39 is 17.5 Å². The quantitative estimate of drug-likeness (QED) is 0.286. The van der Waals surface area contributed by atoms with E-state index in [2.05, 4.69) is 10.3 Å². The highest BCUT2D eigenvalue weighted by Crippen LogP contribution is 2.38. The molecule has 158 valence electrons. The molecule has 0 aliphatic carbocycles. The zero-order valence-electron chi connectivity index (χ0n) is 16.7. The molecule has 31 heavy (non-hydrogen) atoms. The Hall–Kier alpha value is -3.56. The fourth-order valence-electron chi connectivity index (χ4n) is 4.21. The summed E-state index contributed by atoms with van der Waals surface area (Å²) in [5, 5.41) is 12.2. The van der Waals surface area contributed by atoms with E-state index in [9.17, 15) is 19.5 Å². The Balaban J connectivity index is 1.61. The summed E-state index contributed by atoms with van der Waals surface area (Å²) in [5.74, 6) is -1.40. The summed E-state index contributed by atoms with van der Waals surface area (Å²) in [6.45, 7) is 1.36. The van der Waals surface area contributed by atoms with Crippen molar-refractivity contribution in [2.24, 2.45) is 0 Å². The van der Waals surface area contributed by atoms with Gasteiger partial charge < -0.3 is 19.2 Å². The number of carbonyl (C=O) groups is 2. The van der Waals surface area contributed by atoms with Crippen molar-refractivity contribution >= 4 is 22.8 Å². The Bertz CT molecular complexity index is 1310. The summed E-state index contributed by atoms with van der Waals surface area (Å²) >= 11 is 0. The van der Waals surface area contributed by atoms with Crippen molar-refractivity contribution in [1.29, 1.82) is 0 Å². The molecule has 2 aromatic heterocycles. The maximum atomic E-state index is 13.2. The third kappa shape index (κ3) is 3.01. The van der Waals surface area contributed by atoms with E-state index in [-0.39, 0.29) is 36.3 Å². The van der Waals surface area contributed by atoms with Crippen molar-refractivity contribution in [2.45, 2.75) is 32.1 Å². The minimum absolute atomic E-state index is 0.0114. The lowest BCUT2D eigenvalue weighted by Crippen LogP contribution is -2.46. The number of para-hydroxylation sites is 1. The number of hydrogen-bond acceptors (Lipinski definition) is 8. The molecule has 2 N–H and O–H groups in total. The number of nitrogens with one attached hydrogen (secondary N) is 1. The van der Waals surface area contributed by atoms with Crippen molar-refractivity contribution in [3.8, 4) is 11.4 Å². The number of esters is 1. The van der Waals surface area contributed by atoms with Crippen LogP contribution in [-0.4, -0.2) is 33.1 Å². The normalized spacial score (nSPS) is 18.8. The molecule has 0 saturated carbocycles. The van der Waals surface area contributed by atoms with Crippen LogP contribution in [-0.2, 0) is 37.9 Å². The van der Waals surface area contributed by atoms with E-state index in [4.69, 9.17) is 9.72 Å². The van der Waals surface area contributed by atoms with Gasteiger partial charge in [0, 0.05) is 36.4 Å². The number of aromatic nitrogens is 2. The number of fused-ring (bicyclic) bond motifs is 5. The van der Waals surface area contributed by atoms with Gasteiger partial charge in [0.2, 0.25) is 0 Å². The summed E-state index contributed by atoms with van der Waals surface area (Å²) < 4.78 is 6.71. The molecule has 2 aliphatic heterocycles. The summed E-state index contributed by atoms with van der Waals surface area (Å²) in [4.78, 5) is 46.0. The standard InChI is InChI=1S/C22H19N3O6/c1-12(26)31-23-7-6-22(29)16-9-18-19-14(8-13-4-2-3-5-17(13)24-19)10-25(18)20(27)15(16)11-30-21(22)28/h2-5,8-9,23,29H,6-7,10-11H2,1H3/t22-/m0/s1. The molecule has 0 spiro atoms. The largest absolute Gasteiger partial charge is 0.458 e. The first-order valence-corrected chi connectivity index (χ1v) is 9.84. The van der Waals surface area contributed by atoms with Crippen LogP contribution in [0.3, 0.4) is 0 Å². The molecule has 0 saturated heterocycles. The van der Waals surface area contributed by atoms with Crippen molar-refractivity contribution < 1.29 is 24.3 Å². The minimum Gasteiger partial charge on any atom is -0.458 e.